The van der Waals surface area contributed by atoms with Crippen molar-refractivity contribution < 1.29 is 111 Å². The molecule has 3 rings (SSSR count). The minimum Gasteiger partial charge on any atom is -0.512 e. The smallest absolute Gasteiger partial charge is 0.512 e. The number of hydrogen-bond acceptors (Lipinski definition) is 14. The summed E-state index contributed by atoms with van der Waals surface area (Å²) in [6.45, 7) is 16.4. The van der Waals surface area contributed by atoms with E-state index in [0.29, 0.717) is 0 Å². The van der Waals surface area contributed by atoms with Crippen LogP contribution in [0, 0.1) is 23.2 Å². The molecule has 0 radical (unpaired) electrons. The quantitative estimate of drug-likeness (QED) is 0.104. The first-order valence-corrected chi connectivity index (χ1v) is 22.2. The van der Waals surface area contributed by atoms with E-state index < -0.39 is 142 Å². The summed E-state index contributed by atoms with van der Waals surface area (Å²) < 4.78 is 140. The molecule has 0 saturated carbocycles. The van der Waals surface area contributed by atoms with Gasteiger partial charge in [-0.25, -0.2) is 49.1 Å². The standard InChI is InChI=1S/C11H16F2N2O2.C11H19F2NO5S.C10H17F2NO3.CH3ClO2S.CN.Na/c1-10(2,3)17-9(16)15-7-11(12,13)6-8(15)4-5-14;1-10(2,3)19-9(15)14-7-11(12,13)5-8(14)6-18-20(4,16)17;1-9(2,3)16-8(15)13-6-10(11,12)4-7(13)5-14;1-5(2,3)4;1-2;/h8H,4,6-7H2,1-3H3;8H,5-7H2,1-4H3;7,14H,4-6H2,1-3H3;1H3;;/q;;;;-1;+1/t2*8-;7-;;;/m100.../s1. The molecule has 17 nitrogen and oxygen atoms in total. The van der Waals surface area contributed by atoms with E-state index >= 15 is 0 Å². The third-order valence-corrected chi connectivity index (χ3v) is 7.59. The van der Waals surface area contributed by atoms with Crippen LogP contribution in [0.15, 0.2) is 0 Å². The number of halogens is 7. The molecule has 0 unspecified atom stereocenters. The zero-order valence-corrected chi connectivity index (χ0v) is 40.6. The molecule has 3 saturated heterocycles. The van der Waals surface area contributed by atoms with Gasteiger partial charge in [0, 0.05) is 29.9 Å². The number of rotatable bonds is 5. The maximum Gasteiger partial charge on any atom is 1.00 e. The van der Waals surface area contributed by atoms with Crippen LogP contribution >= 0.6 is 10.7 Å². The van der Waals surface area contributed by atoms with Gasteiger partial charge in [0.2, 0.25) is 9.05 Å². The Morgan fingerprint density at radius 1 is 0.689 bits per heavy atom. The van der Waals surface area contributed by atoms with Gasteiger partial charge in [-0.3, -0.25) is 18.9 Å². The molecule has 350 valence electrons. The second-order valence-electron chi connectivity index (χ2n) is 16.7. The minimum atomic E-state index is -3.76. The zero-order chi connectivity index (χ0) is 48.1. The zero-order valence-electron chi connectivity index (χ0n) is 36.2. The molecule has 27 heteroatoms. The molecule has 1 N–H and O–H groups in total. The summed E-state index contributed by atoms with van der Waals surface area (Å²) >= 11 is 0. The van der Waals surface area contributed by atoms with Crippen molar-refractivity contribution in [2.45, 2.75) is 141 Å². The van der Waals surface area contributed by atoms with Crippen LogP contribution < -0.4 is 29.6 Å². The molecule has 0 spiro atoms. The van der Waals surface area contributed by atoms with Crippen molar-refractivity contribution in [3.8, 4) is 6.07 Å². The van der Waals surface area contributed by atoms with Crippen molar-refractivity contribution in [2.24, 2.45) is 0 Å². The third-order valence-electron chi connectivity index (χ3n) is 7.03. The summed E-state index contributed by atoms with van der Waals surface area (Å²) in [5, 5.41) is 23.7. The number of alkyl halides is 6. The topological polar surface area (TPSA) is 234 Å². The Balaban J connectivity index is -0.000000764. The van der Waals surface area contributed by atoms with E-state index in [1.807, 2.05) is 6.07 Å². The molecular formula is C34H55ClF6N5NaO12S2. The van der Waals surface area contributed by atoms with Gasteiger partial charge in [-0.2, -0.15) is 13.7 Å². The Morgan fingerprint density at radius 2 is 0.951 bits per heavy atom. The summed E-state index contributed by atoms with van der Waals surface area (Å²) in [7, 11) is -2.45. The molecule has 0 aliphatic carbocycles. The number of aliphatic hydroxyl groups excluding tert-OH is 1. The fraction of sp³-hybridized carbons (Fsp3) is 0.853. The number of carbonyl (C=O) groups excluding carboxylic acids is 3. The van der Waals surface area contributed by atoms with Crippen molar-refractivity contribution in [3.05, 3.63) is 6.57 Å². The molecule has 3 aliphatic heterocycles. The molecule has 61 heavy (non-hydrogen) atoms. The average Bonchev–Trinajstić information content (AvgIpc) is 3.62. The fourth-order valence-electron chi connectivity index (χ4n) is 5.10. The number of aliphatic hydroxyl groups is 1. The Morgan fingerprint density at radius 3 is 1.21 bits per heavy atom. The van der Waals surface area contributed by atoms with Gasteiger partial charge in [0.15, 0.2) is 0 Å². The summed E-state index contributed by atoms with van der Waals surface area (Å²) in [4.78, 5) is 37.8. The Hall–Kier alpha value is -2.52. The second-order valence-corrected chi connectivity index (χ2v) is 21.4. The van der Waals surface area contributed by atoms with E-state index in [4.69, 9.17) is 36.4 Å². The number of nitriles is 1. The van der Waals surface area contributed by atoms with Gasteiger partial charge in [0.25, 0.3) is 27.9 Å². The molecule has 0 bridgehead atoms. The molecule has 3 fully saturated rings. The van der Waals surface area contributed by atoms with E-state index in [0.717, 1.165) is 27.2 Å². The van der Waals surface area contributed by atoms with Crippen LogP contribution in [-0.4, -0.2) is 153 Å². The van der Waals surface area contributed by atoms with E-state index in [1.54, 1.807) is 62.3 Å². The van der Waals surface area contributed by atoms with Gasteiger partial charge in [-0.15, -0.1) is 0 Å². The van der Waals surface area contributed by atoms with Crippen LogP contribution in [0.3, 0.4) is 0 Å². The van der Waals surface area contributed by atoms with Gasteiger partial charge in [-0.05, 0) is 62.3 Å². The van der Waals surface area contributed by atoms with E-state index in [2.05, 4.69) is 14.9 Å². The van der Waals surface area contributed by atoms with Crippen molar-refractivity contribution in [1.82, 2.24) is 14.7 Å². The summed E-state index contributed by atoms with van der Waals surface area (Å²) in [5.41, 5.74) is -2.28. The molecule has 3 heterocycles. The molecule has 3 amide bonds. The van der Waals surface area contributed by atoms with Gasteiger partial charge in [0.1, 0.15) is 16.8 Å². The number of amides is 3. The SMILES string of the molecule is CC(C)(C)OC(=O)N1CC(F)(F)C[C@H]1CC#N.CC(C)(C)OC(=O)N1CC(F)(F)C[C@H]1CO.CC(C)(C)OC(=O)N1CC(F)(F)C[C@H]1COS(C)(=O)=O.CS(=O)(=O)Cl.[C-]#N.[Na+]. The van der Waals surface area contributed by atoms with Crippen LogP contribution in [0.2, 0.25) is 0 Å². The fourth-order valence-corrected chi connectivity index (χ4v) is 5.50. The first-order chi connectivity index (χ1) is 26.6. The first-order valence-electron chi connectivity index (χ1n) is 17.6. The van der Waals surface area contributed by atoms with Crippen LogP contribution in [0.1, 0.15) is 88.0 Å². The summed E-state index contributed by atoms with van der Waals surface area (Å²) in [6.07, 6.45) is -2.48. The van der Waals surface area contributed by atoms with Gasteiger partial charge >= 0.3 is 47.8 Å². The van der Waals surface area contributed by atoms with Crippen LogP contribution in [0.5, 0.6) is 0 Å². The van der Waals surface area contributed by atoms with Crippen molar-refractivity contribution in [3.63, 3.8) is 0 Å². The Labute approximate surface area is 380 Å². The van der Waals surface area contributed by atoms with Crippen LogP contribution in [0.4, 0.5) is 40.7 Å². The predicted molar refractivity (Wildman–Crippen MR) is 203 cm³/mol. The van der Waals surface area contributed by atoms with Crippen molar-refractivity contribution in [1.29, 1.82) is 10.5 Å². The van der Waals surface area contributed by atoms with Crippen molar-refractivity contribution in [2.75, 3.05) is 45.4 Å². The number of hydrogen-bond donors (Lipinski definition) is 1. The molecule has 0 aromatic heterocycles. The molecule has 0 aromatic rings. The first kappa shape index (κ1) is 62.8. The number of ether oxygens (including phenoxy) is 3. The molecular weight excluding hydrogens is 907 g/mol. The molecule has 3 atom stereocenters. The van der Waals surface area contributed by atoms with Gasteiger partial charge < -0.3 is 31.2 Å². The number of likely N-dealkylation sites (tertiary alicyclic amines) is 3. The van der Waals surface area contributed by atoms with E-state index in [-0.39, 0.29) is 36.0 Å². The number of nitrogens with zero attached hydrogens (tertiary/aromatic N) is 5. The Bertz CT molecular complexity index is 1710. The average molecular weight is 962 g/mol. The largest absolute Gasteiger partial charge is 1.00 e. The second kappa shape index (κ2) is 24.5. The van der Waals surface area contributed by atoms with Crippen LogP contribution in [-0.2, 0) is 37.6 Å². The van der Waals surface area contributed by atoms with E-state index in [9.17, 15) is 57.6 Å². The van der Waals surface area contributed by atoms with Gasteiger partial charge in [-0.1, -0.05) is 0 Å². The predicted octanol–water partition coefficient (Wildman–Crippen LogP) is 3.06. The summed E-state index contributed by atoms with van der Waals surface area (Å²) in [6, 6.07) is -0.836. The normalized spacial score (nSPS) is 21.4. The van der Waals surface area contributed by atoms with Crippen LogP contribution in [0.25, 0.3) is 0 Å². The number of carbonyl (C=O) groups is 3. The third kappa shape index (κ3) is 29.5. The van der Waals surface area contributed by atoms with E-state index in [1.165, 1.54) is 0 Å². The molecule has 0 aromatic carbocycles. The minimum absolute atomic E-state index is 0. The van der Waals surface area contributed by atoms with Crippen molar-refractivity contribution >= 4 is 48.1 Å². The maximum atomic E-state index is 13.4. The monoisotopic (exact) mass is 961 g/mol. The maximum absolute atomic E-state index is 13.4. The Kier molecular flexibility index (Phi) is 25.2. The molecule has 3 aliphatic rings. The summed E-state index contributed by atoms with van der Waals surface area (Å²) in [5.74, 6) is -8.95. The van der Waals surface area contributed by atoms with Gasteiger partial charge in [0.05, 0.1) is 76.0 Å².